The molecule has 118 valence electrons. The summed E-state index contributed by atoms with van der Waals surface area (Å²) in [6.45, 7) is 3.53. The Kier molecular flexibility index (Phi) is 4.90. The number of thioether (sulfide) groups is 1. The van der Waals surface area contributed by atoms with Gasteiger partial charge >= 0.3 is 6.03 Å². The van der Waals surface area contributed by atoms with E-state index in [1.807, 2.05) is 16.7 Å². The van der Waals surface area contributed by atoms with Crippen molar-refractivity contribution in [3.63, 3.8) is 0 Å². The van der Waals surface area contributed by atoms with Crippen LogP contribution >= 0.6 is 11.8 Å². The second-order valence-corrected chi connectivity index (χ2v) is 7.27. The van der Waals surface area contributed by atoms with Gasteiger partial charge in [0, 0.05) is 43.6 Å². The summed E-state index contributed by atoms with van der Waals surface area (Å²) in [6, 6.07) is 0.561. The van der Waals surface area contributed by atoms with Gasteiger partial charge in [0.05, 0.1) is 12.1 Å². The van der Waals surface area contributed by atoms with E-state index in [2.05, 4.69) is 16.0 Å². The van der Waals surface area contributed by atoms with Gasteiger partial charge < -0.3 is 20.9 Å². The van der Waals surface area contributed by atoms with Crippen molar-refractivity contribution in [2.24, 2.45) is 0 Å². The Labute approximate surface area is 129 Å². The molecule has 0 aromatic carbocycles. The van der Waals surface area contributed by atoms with Gasteiger partial charge in [0.15, 0.2) is 0 Å². The molecule has 3 amide bonds. The van der Waals surface area contributed by atoms with E-state index in [1.54, 1.807) is 0 Å². The quantitative estimate of drug-likeness (QED) is 0.499. The van der Waals surface area contributed by atoms with Gasteiger partial charge in [-0.15, -0.1) is 0 Å². The van der Waals surface area contributed by atoms with E-state index < -0.39 is 0 Å². The summed E-state index contributed by atoms with van der Waals surface area (Å²) in [5.74, 6) is 1.30. The van der Waals surface area contributed by atoms with Crippen molar-refractivity contribution in [3.8, 4) is 0 Å². The molecular formula is C14H24N4O2S. The molecule has 3 aliphatic rings. The van der Waals surface area contributed by atoms with Crippen LogP contribution in [0.15, 0.2) is 0 Å². The summed E-state index contributed by atoms with van der Waals surface area (Å²) >= 11 is 1.94. The molecule has 3 fully saturated rings. The summed E-state index contributed by atoms with van der Waals surface area (Å²) < 4.78 is 0. The maximum Gasteiger partial charge on any atom is 0.315 e. The molecule has 0 aromatic rings. The van der Waals surface area contributed by atoms with Crippen molar-refractivity contribution >= 4 is 23.7 Å². The number of rotatable bonds is 5. The minimum absolute atomic E-state index is 0.0239. The highest BCUT2D eigenvalue weighted by Crippen LogP contribution is 2.33. The predicted octanol–water partition coefficient (Wildman–Crippen LogP) is 0.144. The number of hydrogen-bond acceptors (Lipinski definition) is 4. The number of carbonyl (C=O) groups is 2. The number of hydrogen-bond donors (Lipinski definition) is 3. The lowest BCUT2D eigenvalue weighted by Gasteiger charge is -2.27. The SMILES string of the molecule is O=C1N[C@H]2[C@H](CS[C@H]2CCCCC(=O)N2CCNCC2)N1. The number of nitrogens with zero attached hydrogens (tertiary/aromatic N) is 1. The first-order chi connectivity index (χ1) is 10.2. The summed E-state index contributed by atoms with van der Waals surface area (Å²) in [4.78, 5) is 25.3. The molecular weight excluding hydrogens is 288 g/mol. The number of unbranched alkanes of at least 4 members (excludes halogenated alkanes) is 1. The van der Waals surface area contributed by atoms with E-state index in [1.165, 1.54) is 0 Å². The molecule has 3 saturated heterocycles. The maximum absolute atomic E-state index is 12.0. The van der Waals surface area contributed by atoms with Gasteiger partial charge in [-0.1, -0.05) is 6.42 Å². The first-order valence-corrected chi connectivity index (χ1v) is 8.96. The van der Waals surface area contributed by atoms with E-state index in [-0.39, 0.29) is 12.1 Å². The van der Waals surface area contributed by atoms with Crippen LogP contribution in [0.5, 0.6) is 0 Å². The highest BCUT2D eigenvalue weighted by molar-refractivity contribution is 8.00. The number of nitrogens with one attached hydrogen (secondary N) is 3. The van der Waals surface area contributed by atoms with Crippen molar-refractivity contribution in [1.29, 1.82) is 0 Å². The van der Waals surface area contributed by atoms with Crippen LogP contribution in [-0.2, 0) is 4.79 Å². The van der Waals surface area contributed by atoms with E-state index >= 15 is 0 Å². The molecule has 3 heterocycles. The van der Waals surface area contributed by atoms with Crippen LogP contribution in [0.3, 0.4) is 0 Å². The number of piperazine rings is 1. The normalized spacial score (nSPS) is 31.7. The monoisotopic (exact) mass is 312 g/mol. The average Bonchev–Trinajstić information content (AvgIpc) is 3.04. The fraction of sp³-hybridized carbons (Fsp3) is 0.857. The number of fused-ring (bicyclic) bond motifs is 1. The van der Waals surface area contributed by atoms with Crippen molar-refractivity contribution in [2.75, 3.05) is 31.9 Å². The Hall–Kier alpha value is -0.950. The van der Waals surface area contributed by atoms with Gasteiger partial charge in [0.25, 0.3) is 0 Å². The van der Waals surface area contributed by atoms with Crippen LogP contribution in [0.4, 0.5) is 4.79 Å². The lowest BCUT2D eigenvalue weighted by atomic mass is 10.0. The van der Waals surface area contributed by atoms with Crippen LogP contribution in [0.25, 0.3) is 0 Å². The summed E-state index contributed by atoms with van der Waals surface area (Å²) in [6.07, 6.45) is 3.77. The van der Waals surface area contributed by atoms with E-state index in [4.69, 9.17) is 0 Å². The van der Waals surface area contributed by atoms with E-state index in [0.717, 1.165) is 51.2 Å². The van der Waals surface area contributed by atoms with E-state index in [0.29, 0.717) is 23.6 Å². The largest absolute Gasteiger partial charge is 0.340 e. The molecule has 3 atom stereocenters. The van der Waals surface area contributed by atoms with Crippen molar-refractivity contribution in [1.82, 2.24) is 20.9 Å². The van der Waals surface area contributed by atoms with Crippen molar-refractivity contribution in [2.45, 2.75) is 43.0 Å². The topological polar surface area (TPSA) is 73.5 Å². The van der Waals surface area contributed by atoms with Gasteiger partial charge in [-0.25, -0.2) is 4.79 Å². The third kappa shape index (κ3) is 3.63. The molecule has 6 nitrogen and oxygen atoms in total. The first kappa shape index (κ1) is 15.0. The molecule has 0 radical (unpaired) electrons. The molecule has 0 bridgehead atoms. The lowest BCUT2D eigenvalue weighted by Crippen LogP contribution is -2.46. The highest BCUT2D eigenvalue weighted by Gasteiger charge is 2.42. The summed E-state index contributed by atoms with van der Waals surface area (Å²) in [5, 5.41) is 9.74. The molecule has 3 N–H and O–H groups in total. The fourth-order valence-electron chi connectivity index (χ4n) is 3.34. The minimum atomic E-state index is -0.0239. The first-order valence-electron chi connectivity index (χ1n) is 7.91. The Balaban J connectivity index is 1.33. The molecule has 0 unspecified atom stereocenters. The third-order valence-corrected chi connectivity index (χ3v) is 6.05. The van der Waals surface area contributed by atoms with Crippen LogP contribution in [0, 0.1) is 0 Å². The van der Waals surface area contributed by atoms with Gasteiger partial charge in [-0.3, -0.25) is 4.79 Å². The Morgan fingerprint density at radius 3 is 2.86 bits per heavy atom. The van der Waals surface area contributed by atoms with Gasteiger partial charge in [-0.05, 0) is 12.8 Å². The van der Waals surface area contributed by atoms with Crippen LogP contribution in [0.2, 0.25) is 0 Å². The second-order valence-electron chi connectivity index (χ2n) is 6.00. The molecule has 0 aliphatic carbocycles. The third-order valence-electron chi connectivity index (χ3n) is 4.54. The lowest BCUT2D eigenvalue weighted by molar-refractivity contribution is -0.131. The van der Waals surface area contributed by atoms with Crippen LogP contribution < -0.4 is 16.0 Å². The predicted molar refractivity (Wildman–Crippen MR) is 83.4 cm³/mol. The fourth-order valence-corrected chi connectivity index (χ4v) is 4.88. The maximum atomic E-state index is 12.0. The minimum Gasteiger partial charge on any atom is -0.340 e. The average molecular weight is 312 g/mol. The van der Waals surface area contributed by atoms with Crippen molar-refractivity contribution < 1.29 is 9.59 Å². The Morgan fingerprint density at radius 1 is 1.24 bits per heavy atom. The molecule has 21 heavy (non-hydrogen) atoms. The van der Waals surface area contributed by atoms with Gasteiger partial charge in [-0.2, -0.15) is 11.8 Å². The second kappa shape index (κ2) is 6.87. The zero-order valence-electron chi connectivity index (χ0n) is 12.3. The van der Waals surface area contributed by atoms with Gasteiger partial charge in [0.1, 0.15) is 0 Å². The smallest absolute Gasteiger partial charge is 0.315 e. The van der Waals surface area contributed by atoms with Gasteiger partial charge in [0.2, 0.25) is 5.91 Å². The van der Waals surface area contributed by atoms with Crippen LogP contribution in [-0.4, -0.2) is 66.1 Å². The molecule has 7 heteroatoms. The van der Waals surface area contributed by atoms with E-state index in [9.17, 15) is 9.59 Å². The summed E-state index contributed by atoms with van der Waals surface area (Å²) in [5.41, 5.74) is 0. The highest BCUT2D eigenvalue weighted by atomic mass is 32.2. The number of urea groups is 1. The summed E-state index contributed by atoms with van der Waals surface area (Å²) in [7, 11) is 0. The number of carbonyl (C=O) groups excluding carboxylic acids is 2. The number of amides is 3. The Morgan fingerprint density at radius 2 is 2.05 bits per heavy atom. The van der Waals surface area contributed by atoms with Crippen LogP contribution in [0.1, 0.15) is 25.7 Å². The molecule has 3 aliphatic heterocycles. The zero-order valence-corrected chi connectivity index (χ0v) is 13.1. The molecule has 3 rings (SSSR count). The Bertz CT molecular complexity index is 400. The molecule has 0 saturated carbocycles. The molecule has 0 aromatic heterocycles. The standard InChI is InChI=1S/C14H24N4O2S/c19-12(18-7-5-15-6-8-18)4-2-1-3-11-13-10(9-21-11)16-14(20)17-13/h10-11,13,15H,1-9H2,(H2,16,17,20)/t10-,11-,13-/m0/s1. The zero-order chi connectivity index (χ0) is 14.7. The van der Waals surface area contributed by atoms with Crippen molar-refractivity contribution in [3.05, 3.63) is 0 Å². The molecule has 0 spiro atoms.